The quantitative estimate of drug-likeness (QED) is 0.181. The number of hydrogen-bond acceptors (Lipinski definition) is 7. The Labute approximate surface area is 304 Å². The van der Waals surface area contributed by atoms with Crippen molar-refractivity contribution in [3.8, 4) is 5.75 Å². The lowest BCUT2D eigenvalue weighted by molar-refractivity contribution is -0.145. The zero-order valence-electron chi connectivity index (χ0n) is 29.9. The van der Waals surface area contributed by atoms with Crippen molar-refractivity contribution >= 4 is 23.7 Å². The smallest absolute Gasteiger partial charge is 0.337 e. The predicted octanol–water partition coefficient (Wildman–Crippen LogP) is 4.83. The summed E-state index contributed by atoms with van der Waals surface area (Å²) < 4.78 is 10.7. The van der Waals surface area contributed by atoms with Gasteiger partial charge in [0.1, 0.15) is 24.4 Å². The van der Waals surface area contributed by atoms with Crippen molar-refractivity contribution < 1.29 is 28.7 Å². The highest BCUT2D eigenvalue weighted by atomic mass is 16.5. The highest BCUT2D eigenvalue weighted by Crippen LogP contribution is 2.31. The Morgan fingerprint density at radius 3 is 2.23 bits per heavy atom. The first kappa shape index (κ1) is 36.3. The van der Waals surface area contributed by atoms with E-state index < -0.39 is 24.1 Å². The molecule has 52 heavy (non-hydrogen) atoms. The summed E-state index contributed by atoms with van der Waals surface area (Å²) in [5.41, 5.74) is 6.57. The molecule has 4 atom stereocenters. The average Bonchev–Trinajstić information content (AvgIpc) is 3.19. The molecular weight excluding hydrogens is 656 g/mol. The lowest BCUT2D eigenvalue weighted by Crippen LogP contribution is -2.59. The number of hydrogen-bond donors (Lipinski definition) is 3. The number of nitrogens with zero attached hydrogens (tertiary/aromatic N) is 1. The standard InChI is InChI=1S/C42H46N4O6/c1-27(43-2)39(47)45-37(23-28-17-21-34(22-18-28)52-26-29-15-19-31(20-16-29)42(50)51-3)41(49)46-25-33-11-5-4-10-32(33)24-38(46)40(48)44-36-14-8-12-30-9-6-7-13-35(30)36/h4-7,9-11,13,15-22,27,36-38,43H,8,12,14,23-26H2,1-3H3,(H,44,48)(H,45,47)/t27-,36+,37-,38-/m0/s1. The number of fused-ring (bicyclic) bond motifs is 2. The van der Waals surface area contributed by atoms with Gasteiger partial charge in [-0.2, -0.15) is 0 Å². The number of benzene rings is 4. The van der Waals surface area contributed by atoms with Gasteiger partial charge in [-0.25, -0.2) is 4.79 Å². The van der Waals surface area contributed by atoms with E-state index in [1.165, 1.54) is 12.7 Å². The summed E-state index contributed by atoms with van der Waals surface area (Å²) in [7, 11) is 3.04. The molecule has 10 heteroatoms. The monoisotopic (exact) mass is 702 g/mol. The fourth-order valence-corrected chi connectivity index (χ4v) is 6.97. The van der Waals surface area contributed by atoms with Crippen LogP contribution in [0.4, 0.5) is 0 Å². The number of rotatable bonds is 12. The normalized spacial score (nSPS) is 17.5. The molecule has 270 valence electrons. The number of carbonyl (C=O) groups is 4. The van der Waals surface area contributed by atoms with E-state index in [0.29, 0.717) is 24.3 Å². The Bertz CT molecular complexity index is 1890. The fourth-order valence-electron chi connectivity index (χ4n) is 6.97. The van der Waals surface area contributed by atoms with Gasteiger partial charge in [-0.3, -0.25) is 14.4 Å². The maximum atomic E-state index is 14.6. The van der Waals surface area contributed by atoms with Gasteiger partial charge in [0, 0.05) is 19.4 Å². The highest BCUT2D eigenvalue weighted by molar-refractivity contribution is 5.94. The Kier molecular flexibility index (Phi) is 11.7. The van der Waals surface area contributed by atoms with Gasteiger partial charge < -0.3 is 30.3 Å². The molecule has 1 aliphatic heterocycles. The van der Waals surface area contributed by atoms with Crippen molar-refractivity contribution in [2.45, 2.75) is 76.3 Å². The summed E-state index contributed by atoms with van der Waals surface area (Å²) in [5.74, 6) is -0.585. The second-order valence-corrected chi connectivity index (χ2v) is 13.5. The summed E-state index contributed by atoms with van der Waals surface area (Å²) in [5, 5.41) is 9.23. The van der Waals surface area contributed by atoms with Gasteiger partial charge in [-0.1, -0.05) is 72.8 Å². The van der Waals surface area contributed by atoms with E-state index in [9.17, 15) is 19.2 Å². The topological polar surface area (TPSA) is 126 Å². The van der Waals surface area contributed by atoms with Gasteiger partial charge >= 0.3 is 5.97 Å². The third-order valence-electron chi connectivity index (χ3n) is 10.1. The third kappa shape index (κ3) is 8.51. The molecular formula is C42H46N4O6. The number of aryl methyl sites for hydroxylation is 1. The molecule has 0 saturated heterocycles. The number of amides is 3. The van der Waals surface area contributed by atoms with Gasteiger partial charge in [0.05, 0.1) is 24.8 Å². The van der Waals surface area contributed by atoms with E-state index in [1.54, 1.807) is 31.0 Å². The van der Waals surface area contributed by atoms with Gasteiger partial charge in [-0.15, -0.1) is 0 Å². The summed E-state index contributed by atoms with van der Waals surface area (Å²) in [4.78, 5) is 55.4. The second kappa shape index (κ2) is 16.7. The number of likely N-dealkylation sites (N-methyl/N-ethyl adjacent to an activating group) is 1. The molecule has 4 aromatic carbocycles. The van der Waals surface area contributed by atoms with Crippen LogP contribution in [-0.2, 0) is 51.5 Å². The van der Waals surface area contributed by atoms with Crippen LogP contribution in [0.2, 0.25) is 0 Å². The van der Waals surface area contributed by atoms with Crippen molar-refractivity contribution in [1.29, 1.82) is 0 Å². The van der Waals surface area contributed by atoms with Crippen molar-refractivity contribution in [2.24, 2.45) is 0 Å². The average molecular weight is 703 g/mol. The first-order valence-corrected chi connectivity index (χ1v) is 17.9. The first-order chi connectivity index (χ1) is 25.2. The summed E-state index contributed by atoms with van der Waals surface area (Å²) >= 11 is 0. The molecule has 4 aromatic rings. The summed E-state index contributed by atoms with van der Waals surface area (Å²) in [6, 6.07) is 28.2. The minimum absolute atomic E-state index is 0.126. The van der Waals surface area contributed by atoms with E-state index in [1.807, 2.05) is 72.8 Å². The molecule has 0 bridgehead atoms. The Morgan fingerprint density at radius 1 is 0.846 bits per heavy atom. The van der Waals surface area contributed by atoms with E-state index in [-0.39, 0.29) is 36.7 Å². The predicted molar refractivity (Wildman–Crippen MR) is 197 cm³/mol. The zero-order valence-corrected chi connectivity index (χ0v) is 29.9. The van der Waals surface area contributed by atoms with Gasteiger partial charge in [0.25, 0.3) is 0 Å². The van der Waals surface area contributed by atoms with Crippen LogP contribution in [0.3, 0.4) is 0 Å². The number of methoxy groups -OCH3 is 1. The minimum atomic E-state index is -0.917. The van der Waals surface area contributed by atoms with Gasteiger partial charge in [-0.05, 0) is 90.9 Å². The Morgan fingerprint density at radius 2 is 1.52 bits per heavy atom. The van der Waals surface area contributed by atoms with Crippen molar-refractivity contribution in [1.82, 2.24) is 20.9 Å². The molecule has 1 aliphatic carbocycles. The van der Waals surface area contributed by atoms with Crippen LogP contribution in [0.5, 0.6) is 5.75 Å². The Balaban J connectivity index is 1.20. The molecule has 10 nitrogen and oxygen atoms in total. The van der Waals surface area contributed by atoms with Gasteiger partial charge in [0.15, 0.2) is 0 Å². The molecule has 0 unspecified atom stereocenters. The molecule has 1 heterocycles. The van der Waals surface area contributed by atoms with Crippen LogP contribution in [0.25, 0.3) is 0 Å². The molecule has 0 saturated carbocycles. The van der Waals surface area contributed by atoms with Crippen LogP contribution in [-0.4, -0.2) is 60.9 Å². The molecule has 6 rings (SSSR count). The lowest BCUT2D eigenvalue weighted by atomic mass is 9.87. The number of carbonyl (C=O) groups excluding carboxylic acids is 4. The zero-order chi connectivity index (χ0) is 36.6. The SMILES string of the molecule is CN[C@@H](C)C(=O)N[C@@H](Cc1ccc(OCc2ccc(C(=O)OC)cc2)cc1)C(=O)N1Cc2ccccc2C[C@H]1C(=O)N[C@@H]1CCCc2ccccc21. The summed E-state index contributed by atoms with van der Waals surface area (Å²) in [6.45, 7) is 2.29. The maximum absolute atomic E-state index is 14.6. The lowest BCUT2D eigenvalue weighted by Gasteiger charge is -2.39. The number of esters is 1. The van der Waals surface area contributed by atoms with Crippen LogP contribution >= 0.6 is 0 Å². The molecule has 0 spiro atoms. The fraction of sp³-hybridized carbons (Fsp3) is 0.333. The Hall–Kier alpha value is -5.48. The molecule has 2 aliphatic rings. The van der Waals surface area contributed by atoms with Gasteiger partial charge in [0.2, 0.25) is 17.7 Å². The maximum Gasteiger partial charge on any atom is 0.337 e. The van der Waals surface area contributed by atoms with Crippen LogP contribution in [0, 0.1) is 0 Å². The minimum Gasteiger partial charge on any atom is -0.489 e. The van der Waals surface area contributed by atoms with E-state index >= 15 is 0 Å². The molecule has 3 N–H and O–H groups in total. The third-order valence-corrected chi connectivity index (χ3v) is 10.1. The van der Waals surface area contributed by atoms with E-state index in [4.69, 9.17) is 9.47 Å². The van der Waals surface area contributed by atoms with Crippen molar-refractivity contribution in [3.63, 3.8) is 0 Å². The highest BCUT2D eigenvalue weighted by Gasteiger charge is 2.39. The van der Waals surface area contributed by atoms with Crippen molar-refractivity contribution in [2.75, 3.05) is 14.2 Å². The van der Waals surface area contributed by atoms with E-state index in [2.05, 4.69) is 28.1 Å². The largest absolute Gasteiger partial charge is 0.489 e. The number of ether oxygens (including phenoxy) is 2. The summed E-state index contributed by atoms with van der Waals surface area (Å²) in [6.07, 6.45) is 3.40. The van der Waals surface area contributed by atoms with Crippen LogP contribution < -0.4 is 20.7 Å². The molecule has 3 amide bonds. The number of nitrogens with one attached hydrogen (secondary N) is 3. The molecule has 0 aromatic heterocycles. The van der Waals surface area contributed by atoms with Crippen LogP contribution in [0.1, 0.15) is 69.5 Å². The second-order valence-electron chi connectivity index (χ2n) is 13.5. The van der Waals surface area contributed by atoms with E-state index in [0.717, 1.165) is 47.1 Å². The first-order valence-electron chi connectivity index (χ1n) is 17.9. The van der Waals surface area contributed by atoms with Crippen LogP contribution in [0.15, 0.2) is 97.1 Å². The molecule has 0 fully saturated rings. The van der Waals surface area contributed by atoms with Crippen molar-refractivity contribution in [3.05, 3.63) is 136 Å². The molecule has 0 radical (unpaired) electrons.